The predicted molar refractivity (Wildman–Crippen MR) is 114 cm³/mol. The van der Waals surface area contributed by atoms with Gasteiger partial charge in [-0.05, 0) is 91.4 Å². The molecule has 1 aromatic heterocycles. The Kier molecular flexibility index (Phi) is 5.25. The first-order valence-electron chi connectivity index (χ1n) is 7.71. The number of aromatic nitrogens is 1. The van der Waals surface area contributed by atoms with E-state index >= 15 is 0 Å². The summed E-state index contributed by atoms with van der Waals surface area (Å²) in [5.41, 5.74) is 6.99. The van der Waals surface area contributed by atoms with Crippen molar-refractivity contribution in [2.24, 2.45) is 4.99 Å². The van der Waals surface area contributed by atoms with Gasteiger partial charge in [0.05, 0.1) is 5.69 Å². The van der Waals surface area contributed by atoms with Crippen molar-refractivity contribution in [2.75, 3.05) is 0 Å². The lowest BCUT2D eigenvalue weighted by molar-refractivity contribution is 0.962. The van der Waals surface area contributed by atoms with Gasteiger partial charge >= 0.3 is 0 Å². The summed E-state index contributed by atoms with van der Waals surface area (Å²) in [6.45, 7) is 6.42. The van der Waals surface area contributed by atoms with E-state index in [0.29, 0.717) is 0 Å². The zero-order valence-corrected chi connectivity index (χ0v) is 17.6. The minimum Gasteiger partial charge on any atom is -0.318 e. The van der Waals surface area contributed by atoms with Gasteiger partial charge in [-0.15, -0.1) is 0 Å². The van der Waals surface area contributed by atoms with Crippen LogP contribution in [0.2, 0.25) is 0 Å². The van der Waals surface area contributed by atoms with E-state index in [1.54, 1.807) is 0 Å². The largest absolute Gasteiger partial charge is 0.318 e. The van der Waals surface area contributed by atoms with Gasteiger partial charge in [0.1, 0.15) is 0 Å². The second kappa shape index (κ2) is 7.23. The fourth-order valence-corrected chi connectivity index (χ4v) is 3.51. The summed E-state index contributed by atoms with van der Waals surface area (Å²) >= 11 is 5.85. The highest BCUT2D eigenvalue weighted by atomic mass is 127. The molecule has 0 aliphatic heterocycles. The predicted octanol–water partition coefficient (Wildman–Crippen LogP) is 6.52. The highest BCUT2D eigenvalue weighted by Gasteiger charge is 2.10. The van der Waals surface area contributed by atoms with E-state index in [1.165, 1.54) is 26.2 Å². The Morgan fingerprint density at radius 3 is 2.54 bits per heavy atom. The number of nitrogens with zero attached hydrogens (tertiary/aromatic N) is 2. The number of benzene rings is 2. The molecule has 0 saturated carbocycles. The minimum absolute atomic E-state index is 0.944. The van der Waals surface area contributed by atoms with Crippen LogP contribution in [0.5, 0.6) is 0 Å². The van der Waals surface area contributed by atoms with Crippen LogP contribution in [0, 0.1) is 24.3 Å². The fourth-order valence-electron chi connectivity index (χ4n) is 2.78. The van der Waals surface area contributed by atoms with Gasteiger partial charge in [0.2, 0.25) is 0 Å². The van der Waals surface area contributed by atoms with Crippen LogP contribution in [-0.4, -0.2) is 10.8 Å². The van der Waals surface area contributed by atoms with E-state index in [4.69, 9.17) is 0 Å². The first kappa shape index (κ1) is 17.4. The minimum atomic E-state index is 0.944. The molecule has 24 heavy (non-hydrogen) atoms. The second-order valence-electron chi connectivity index (χ2n) is 5.83. The van der Waals surface area contributed by atoms with Gasteiger partial charge in [-0.25, -0.2) is 0 Å². The molecule has 3 aromatic rings. The standard InChI is InChI=1S/C20H18BrIN2/c1-13-9-19(7-8-20(13)22)24-14(2)10-16(15(24)3)12-23-18-6-4-5-17(21)11-18/h4-12H,1-3H3. The van der Waals surface area contributed by atoms with E-state index in [-0.39, 0.29) is 0 Å². The number of aryl methyl sites for hydroxylation is 2. The molecule has 0 saturated heterocycles. The molecule has 0 radical (unpaired) electrons. The molecule has 0 amide bonds. The third-order valence-electron chi connectivity index (χ3n) is 4.03. The highest BCUT2D eigenvalue weighted by Crippen LogP contribution is 2.24. The van der Waals surface area contributed by atoms with Crippen molar-refractivity contribution in [3.8, 4) is 5.69 Å². The number of hydrogen-bond acceptors (Lipinski definition) is 1. The van der Waals surface area contributed by atoms with Crippen molar-refractivity contribution in [3.05, 3.63) is 79.1 Å². The van der Waals surface area contributed by atoms with Gasteiger partial charge in [-0.2, -0.15) is 0 Å². The molecule has 0 aliphatic rings. The molecule has 1 heterocycles. The lowest BCUT2D eigenvalue weighted by Gasteiger charge is -2.11. The Bertz CT molecular complexity index is 925. The summed E-state index contributed by atoms with van der Waals surface area (Å²) in [5, 5.41) is 0. The van der Waals surface area contributed by atoms with Gasteiger partial charge < -0.3 is 4.57 Å². The molecule has 122 valence electrons. The van der Waals surface area contributed by atoms with Crippen molar-refractivity contribution in [1.29, 1.82) is 0 Å². The van der Waals surface area contributed by atoms with Crippen LogP contribution < -0.4 is 0 Å². The summed E-state index contributed by atoms with van der Waals surface area (Å²) in [6.07, 6.45) is 1.94. The van der Waals surface area contributed by atoms with Crippen LogP contribution in [0.25, 0.3) is 5.69 Å². The quantitative estimate of drug-likeness (QED) is 0.292. The Morgan fingerprint density at radius 1 is 1.04 bits per heavy atom. The molecule has 2 nitrogen and oxygen atoms in total. The van der Waals surface area contributed by atoms with Crippen molar-refractivity contribution >= 4 is 50.4 Å². The third kappa shape index (κ3) is 3.64. The van der Waals surface area contributed by atoms with E-state index in [9.17, 15) is 0 Å². The zero-order chi connectivity index (χ0) is 17.3. The van der Waals surface area contributed by atoms with Crippen LogP contribution in [0.3, 0.4) is 0 Å². The lowest BCUT2D eigenvalue weighted by Crippen LogP contribution is -2.00. The molecule has 0 spiro atoms. The SMILES string of the molecule is Cc1cc(-n2c(C)cc(C=Nc3cccc(Br)c3)c2C)ccc1I. The molecule has 0 unspecified atom stereocenters. The van der Waals surface area contributed by atoms with Crippen LogP contribution in [0.1, 0.15) is 22.5 Å². The first-order chi connectivity index (χ1) is 11.5. The average Bonchev–Trinajstić information content (AvgIpc) is 2.82. The summed E-state index contributed by atoms with van der Waals surface area (Å²) in [7, 11) is 0. The third-order valence-corrected chi connectivity index (χ3v) is 5.73. The van der Waals surface area contributed by atoms with Crippen molar-refractivity contribution in [2.45, 2.75) is 20.8 Å². The second-order valence-corrected chi connectivity index (χ2v) is 7.91. The van der Waals surface area contributed by atoms with Gasteiger partial charge in [0.25, 0.3) is 0 Å². The molecule has 4 heteroatoms. The van der Waals surface area contributed by atoms with Crippen LogP contribution in [0.4, 0.5) is 5.69 Å². The van der Waals surface area contributed by atoms with E-state index < -0.39 is 0 Å². The molecule has 3 rings (SSSR count). The molecular weight excluding hydrogens is 475 g/mol. The van der Waals surface area contributed by atoms with Crippen molar-refractivity contribution in [3.63, 3.8) is 0 Å². The molecule has 0 aliphatic carbocycles. The topological polar surface area (TPSA) is 17.3 Å². The summed E-state index contributed by atoms with van der Waals surface area (Å²) in [5.74, 6) is 0. The fraction of sp³-hybridized carbons (Fsp3) is 0.150. The molecule has 0 fully saturated rings. The van der Waals surface area contributed by atoms with E-state index in [2.05, 4.69) is 93.1 Å². The van der Waals surface area contributed by atoms with Crippen LogP contribution >= 0.6 is 38.5 Å². The summed E-state index contributed by atoms with van der Waals surface area (Å²) < 4.78 is 4.61. The Hall–Kier alpha value is -1.40. The van der Waals surface area contributed by atoms with Crippen molar-refractivity contribution in [1.82, 2.24) is 4.57 Å². The zero-order valence-electron chi connectivity index (χ0n) is 13.8. The molecule has 0 bridgehead atoms. The van der Waals surface area contributed by atoms with E-state index in [0.717, 1.165) is 15.7 Å². The van der Waals surface area contributed by atoms with Gasteiger partial charge in [0.15, 0.2) is 0 Å². The normalized spacial score (nSPS) is 11.4. The van der Waals surface area contributed by atoms with E-state index in [1.807, 2.05) is 30.5 Å². The van der Waals surface area contributed by atoms with Gasteiger partial charge in [-0.1, -0.05) is 22.0 Å². The van der Waals surface area contributed by atoms with Crippen molar-refractivity contribution < 1.29 is 0 Å². The lowest BCUT2D eigenvalue weighted by atomic mass is 10.2. The molecule has 0 atom stereocenters. The molecular formula is C20H18BrIN2. The van der Waals surface area contributed by atoms with Crippen LogP contribution in [-0.2, 0) is 0 Å². The van der Waals surface area contributed by atoms with Gasteiger partial charge in [-0.3, -0.25) is 4.99 Å². The molecule has 0 N–H and O–H groups in total. The number of aliphatic imine (C=N–C) groups is 1. The van der Waals surface area contributed by atoms with Crippen LogP contribution in [0.15, 0.2) is 58.0 Å². The number of hydrogen-bond donors (Lipinski definition) is 0. The number of halogens is 2. The Labute approximate surface area is 164 Å². The summed E-state index contributed by atoms with van der Waals surface area (Å²) in [6, 6.07) is 16.8. The maximum absolute atomic E-state index is 4.61. The Balaban J connectivity index is 1.98. The maximum Gasteiger partial charge on any atom is 0.0641 e. The number of rotatable bonds is 3. The maximum atomic E-state index is 4.61. The molecule has 2 aromatic carbocycles. The Morgan fingerprint density at radius 2 is 1.83 bits per heavy atom. The van der Waals surface area contributed by atoms with Gasteiger partial charge in [0, 0.05) is 36.9 Å². The first-order valence-corrected chi connectivity index (χ1v) is 9.58. The summed E-state index contributed by atoms with van der Waals surface area (Å²) in [4.78, 5) is 4.61. The highest BCUT2D eigenvalue weighted by molar-refractivity contribution is 14.1. The monoisotopic (exact) mass is 492 g/mol. The smallest absolute Gasteiger partial charge is 0.0641 e. The average molecular weight is 493 g/mol.